The summed E-state index contributed by atoms with van der Waals surface area (Å²) in [4.78, 5) is 22.8. The summed E-state index contributed by atoms with van der Waals surface area (Å²) in [5.41, 5.74) is 2.15. The molecule has 4 aromatic rings. The van der Waals surface area contributed by atoms with Gasteiger partial charge < -0.3 is 26.2 Å². The van der Waals surface area contributed by atoms with Crippen molar-refractivity contribution in [3.63, 3.8) is 0 Å². The van der Waals surface area contributed by atoms with Crippen LogP contribution in [0.25, 0.3) is 11.0 Å². The molecule has 5 N–H and O–H groups in total. The topological polar surface area (TPSA) is 176 Å². The molecular weight excluding hydrogens is 432 g/mol. The van der Waals surface area contributed by atoms with Gasteiger partial charge in [-0.05, 0) is 46.7 Å². The fourth-order valence-electron chi connectivity index (χ4n) is 3.13. The third-order valence-corrected chi connectivity index (χ3v) is 4.75. The second kappa shape index (κ2) is 9.09. The third-order valence-electron chi connectivity index (χ3n) is 4.75. The summed E-state index contributed by atoms with van der Waals surface area (Å²) < 4.78 is 4.69. The molecule has 33 heavy (non-hydrogen) atoms. The van der Waals surface area contributed by atoms with Crippen molar-refractivity contribution in [2.75, 3.05) is 23.7 Å². The zero-order valence-corrected chi connectivity index (χ0v) is 17.0. The number of benzene rings is 3. The Hall–Kier alpha value is -4.87. The molecule has 4 rings (SSSR count). The number of nitro benzene ring substituents is 1. The highest BCUT2D eigenvalue weighted by Crippen LogP contribution is 2.32. The van der Waals surface area contributed by atoms with Gasteiger partial charge in [-0.3, -0.25) is 14.9 Å². The van der Waals surface area contributed by atoms with E-state index < -0.39 is 10.8 Å². The molecule has 3 aromatic carbocycles. The molecule has 0 aliphatic carbocycles. The number of phenols is 2. The van der Waals surface area contributed by atoms with Crippen molar-refractivity contribution in [1.82, 2.24) is 15.6 Å². The second-order valence-electron chi connectivity index (χ2n) is 6.91. The lowest BCUT2D eigenvalue weighted by atomic mass is 10.2. The highest BCUT2D eigenvalue weighted by atomic mass is 16.6. The molecule has 12 nitrogen and oxygen atoms in total. The van der Waals surface area contributed by atoms with Gasteiger partial charge in [0.25, 0.3) is 5.91 Å². The van der Waals surface area contributed by atoms with Crippen molar-refractivity contribution in [3.05, 3.63) is 70.3 Å². The van der Waals surface area contributed by atoms with Crippen LogP contribution in [0.1, 0.15) is 10.4 Å². The zero-order chi connectivity index (χ0) is 23.4. The van der Waals surface area contributed by atoms with Gasteiger partial charge in [-0.15, -0.1) is 0 Å². The van der Waals surface area contributed by atoms with E-state index in [-0.39, 0.29) is 40.3 Å². The van der Waals surface area contributed by atoms with E-state index in [0.717, 1.165) is 5.69 Å². The number of nitrogens with zero attached hydrogens (tertiary/aromatic N) is 3. The summed E-state index contributed by atoms with van der Waals surface area (Å²) in [6.45, 7) is 0.666. The number of carbonyl (C=O) groups is 1. The summed E-state index contributed by atoms with van der Waals surface area (Å²) in [6.07, 6.45) is 0. The zero-order valence-electron chi connectivity index (χ0n) is 17.0. The molecule has 1 aromatic heterocycles. The molecule has 0 saturated heterocycles. The number of nitrogens with one attached hydrogen (secondary N) is 3. The van der Waals surface area contributed by atoms with Crippen LogP contribution >= 0.6 is 0 Å². The summed E-state index contributed by atoms with van der Waals surface area (Å²) in [5.74, 6) is -1.07. The molecule has 0 radical (unpaired) electrons. The van der Waals surface area contributed by atoms with Gasteiger partial charge in [0.2, 0.25) is 5.52 Å². The minimum Gasteiger partial charge on any atom is -0.504 e. The normalized spacial score (nSPS) is 10.7. The smallest absolute Gasteiger partial charge is 0.300 e. The molecule has 0 fully saturated rings. The van der Waals surface area contributed by atoms with E-state index in [2.05, 4.69) is 30.9 Å². The molecule has 0 aliphatic rings. The lowest BCUT2D eigenvalue weighted by Gasteiger charge is -2.14. The molecule has 12 heteroatoms. The Balaban J connectivity index is 1.41. The summed E-state index contributed by atoms with van der Waals surface area (Å²) in [5, 5.41) is 46.5. The van der Waals surface area contributed by atoms with Crippen LogP contribution in [0.3, 0.4) is 0 Å². The van der Waals surface area contributed by atoms with Crippen LogP contribution in [0.5, 0.6) is 11.5 Å². The highest BCUT2D eigenvalue weighted by Gasteiger charge is 2.20. The fourth-order valence-corrected chi connectivity index (χ4v) is 3.13. The SMILES string of the molecule is O=C(NCCNc1ccccc1Nc1ccc([N+](=O)[O-])c2nonc12)c1ccc(O)c(O)c1. The van der Waals surface area contributed by atoms with Gasteiger partial charge in [-0.1, -0.05) is 12.1 Å². The molecule has 1 amide bonds. The predicted molar refractivity (Wildman–Crippen MR) is 119 cm³/mol. The molecule has 168 valence electrons. The number of nitro groups is 1. The van der Waals surface area contributed by atoms with Crippen LogP contribution in [-0.2, 0) is 0 Å². The molecule has 0 saturated carbocycles. The molecular formula is C21H18N6O6. The van der Waals surface area contributed by atoms with E-state index in [9.17, 15) is 25.1 Å². The van der Waals surface area contributed by atoms with Crippen molar-refractivity contribution < 1.29 is 24.6 Å². The Morgan fingerprint density at radius 3 is 2.45 bits per heavy atom. The first-order valence-electron chi connectivity index (χ1n) is 9.74. The minimum atomic E-state index is -0.556. The van der Waals surface area contributed by atoms with Crippen LogP contribution in [-0.4, -0.2) is 44.4 Å². The van der Waals surface area contributed by atoms with Crippen LogP contribution in [0, 0.1) is 10.1 Å². The summed E-state index contributed by atoms with van der Waals surface area (Å²) in [6, 6.07) is 13.9. The predicted octanol–water partition coefficient (Wildman–Crippen LogP) is 3.13. The van der Waals surface area contributed by atoms with E-state index >= 15 is 0 Å². The molecule has 0 atom stereocenters. The number of para-hydroxylation sites is 2. The van der Waals surface area contributed by atoms with E-state index in [1.165, 1.54) is 30.3 Å². The maximum Gasteiger partial charge on any atom is 0.300 e. The summed E-state index contributed by atoms with van der Waals surface area (Å²) >= 11 is 0. The number of anilines is 3. The Bertz CT molecular complexity index is 1340. The van der Waals surface area contributed by atoms with Crippen LogP contribution in [0.2, 0.25) is 0 Å². The van der Waals surface area contributed by atoms with Gasteiger partial charge >= 0.3 is 5.69 Å². The largest absolute Gasteiger partial charge is 0.504 e. The van der Waals surface area contributed by atoms with Gasteiger partial charge in [0.05, 0.1) is 22.0 Å². The average Bonchev–Trinajstić information content (AvgIpc) is 3.29. The number of carbonyl (C=O) groups excluding carboxylic acids is 1. The number of non-ortho nitro benzene ring substituents is 1. The standard InChI is InChI=1S/C21H18N6O6/c28-17-8-5-12(11-18(17)29)21(30)23-10-9-22-13-3-1-2-4-14(13)24-15-6-7-16(27(31)32)20-19(15)25-33-26-20/h1-8,11,22,24,28-29H,9-10H2,(H,23,30). The Labute approximate surface area is 186 Å². The van der Waals surface area contributed by atoms with Crippen molar-refractivity contribution in [1.29, 1.82) is 0 Å². The third kappa shape index (κ3) is 4.58. The molecule has 0 unspecified atom stereocenters. The van der Waals surface area contributed by atoms with E-state index in [1.54, 1.807) is 6.07 Å². The van der Waals surface area contributed by atoms with Gasteiger partial charge in [-0.25, -0.2) is 4.63 Å². The number of amides is 1. The Kier molecular flexibility index (Phi) is 5.89. The number of phenolic OH excluding ortho intramolecular Hbond substituents is 2. The number of fused-ring (bicyclic) bond motifs is 1. The highest BCUT2D eigenvalue weighted by molar-refractivity contribution is 5.96. The van der Waals surface area contributed by atoms with Crippen molar-refractivity contribution >= 4 is 39.7 Å². The maximum atomic E-state index is 12.2. The van der Waals surface area contributed by atoms with Crippen LogP contribution in [0.15, 0.2) is 59.2 Å². The number of hydrogen-bond donors (Lipinski definition) is 5. The summed E-state index contributed by atoms with van der Waals surface area (Å²) in [7, 11) is 0. The molecule has 1 heterocycles. The fraction of sp³-hybridized carbons (Fsp3) is 0.0952. The van der Waals surface area contributed by atoms with Crippen LogP contribution in [0.4, 0.5) is 22.7 Å². The number of hydrogen-bond acceptors (Lipinski definition) is 10. The Morgan fingerprint density at radius 2 is 1.70 bits per heavy atom. The molecule has 0 bridgehead atoms. The molecule has 0 aliphatic heterocycles. The number of aromatic nitrogens is 2. The first kappa shape index (κ1) is 21.4. The first-order chi connectivity index (χ1) is 15.9. The second-order valence-corrected chi connectivity index (χ2v) is 6.91. The van der Waals surface area contributed by atoms with E-state index in [0.29, 0.717) is 17.9 Å². The van der Waals surface area contributed by atoms with E-state index in [1.807, 2.05) is 18.2 Å². The average molecular weight is 450 g/mol. The number of aromatic hydroxyl groups is 2. The number of rotatable bonds is 8. The van der Waals surface area contributed by atoms with Gasteiger partial charge in [0.15, 0.2) is 17.0 Å². The van der Waals surface area contributed by atoms with Crippen LogP contribution < -0.4 is 16.0 Å². The Morgan fingerprint density at radius 1 is 0.939 bits per heavy atom. The van der Waals surface area contributed by atoms with Gasteiger partial charge in [-0.2, -0.15) is 0 Å². The van der Waals surface area contributed by atoms with Gasteiger partial charge in [0, 0.05) is 24.7 Å². The molecule has 0 spiro atoms. The quantitative estimate of drug-likeness (QED) is 0.116. The van der Waals surface area contributed by atoms with Gasteiger partial charge in [0.1, 0.15) is 0 Å². The lowest BCUT2D eigenvalue weighted by molar-refractivity contribution is -0.383. The van der Waals surface area contributed by atoms with Crippen molar-refractivity contribution in [2.45, 2.75) is 0 Å². The minimum absolute atomic E-state index is 0.0402. The van der Waals surface area contributed by atoms with E-state index in [4.69, 9.17) is 0 Å². The lowest BCUT2D eigenvalue weighted by Crippen LogP contribution is -2.28. The maximum absolute atomic E-state index is 12.2. The monoisotopic (exact) mass is 450 g/mol. The van der Waals surface area contributed by atoms with Crippen molar-refractivity contribution in [3.8, 4) is 11.5 Å². The first-order valence-corrected chi connectivity index (χ1v) is 9.74. The van der Waals surface area contributed by atoms with Crippen molar-refractivity contribution in [2.24, 2.45) is 0 Å².